The Bertz CT molecular complexity index is 652. The highest BCUT2D eigenvalue weighted by molar-refractivity contribution is 7.71. The zero-order valence-corrected chi connectivity index (χ0v) is 11.2. The number of aromatic nitrogens is 2. The summed E-state index contributed by atoms with van der Waals surface area (Å²) in [7, 11) is 1.44. The van der Waals surface area contributed by atoms with Crippen LogP contribution in [0.4, 0.5) is 4.39 Å². The Morgan fingerprint density at radius 1 is 1.28 bits per heavy atom. The first-order chi connectivity index (χ1) is 8.56. The molecule has 0 fully saturated rings. The summed E-state index contributed by atoms with van der Waals surface area (Å²) in [6.45, 7) is 3.76. The number of rotatable bonds is 2. The van der Waals surface area contributed by atoms with E-state index in [9.17, 15) is 4.39 Å². The molecular weight excluding hydrogens is 251 g/mol. The van der Waals surface area contributed by atoms with Crippen LogP contribution in [0.15, 0.2) is 18.2 Å². The number of H-pyrrole nitrogens is 1. The zero-order chi connectivity index (χ0) is 13.3. The van der Waals surface area contributed by atoms with Gasteiger partial charge in [0.25, 0.3) is 0 Å². The predicted molar refractivity (Wildman–Crippen MR) is 70.8 cm³/mol. The van der Waals surface area contributed by atoms with Crippen molar-refractivity contribution < 1.29 is 9.13 Å². The van der Waals surface area contributed by atoms with Crippen LogP contribution in [0.2, 0.25) is 0 Å². The van der Waals surface area contributed by atoms with Gasteiger partial charge in [-0.25, -0.2) is 4.39 Å². The molecule has 0 radical (unpaired) electrons. The molecule has 0 saturated heterocycles. The number of hydrogen-bond donors (Lipinski definition) is 1. The van der Waals surface area contributed by atoms with Crippen molar-refractivity contribution in [2.45, 2.75) is 13.8 Å². The van der Waals surface area contributed by atoms with Gasteiger partial charge in [-0.05, 0) is 37.1 Å². The molecule has 0 aliphatic heterocycles. The third-order valence-electron chi connectivity index (χ3n) is 2.97. The lowest BCUT2D eigenvalue weighted by Gasteiger charge is -2.10. The molecule has 18 heavy (non-hydrogen) atoms. The van der Waals surface area contributed by atoms with E-state index < -0.39 is 5.82 Å². The van der Waals surface area contributed by atoms with Gasteiger partial charge in [0, 0.05) is 5.56 Å². The SMILES string of the molecule is COc1cccc(-c2n[nH]c(=S)c(C)c2C)c1F. The first kappa shape index (κ1) is 12.7. The molecule has 0 amide bonds. The quantitative estimate of drug-likeness (QED) is 0.843. The second-order valence-corrected chi connectivity index (χ2v) is 4.38. The van der Waals surface area contributed by atoms with Gasteiger partial charge in [-0.3, -0.25) is 5.10 Å². The lowest BCUT2D eigenvalue weighted by atomic mass is 10.0. The third kappa shape index (κ3) is 2.01. The summed E-state index contributed by atoms with van der Waals surface area (Å²) in [5.74, 6) is -0.214. The highest BCUT2D eigenvalue weighted by Crippen LogP contribution is 2.30. The lowest BCUT2D eigenvalue weighted by Crippen LogP contribution is -1.99. The number of aromatic amines is 1. The molecule has 0 unspecified atom stereocenters. The van der Waals surface area contributed by atoms with Crippen LogP contribution in [0.1, 0.15) is 11.1 Å². The predicted octanol–water partition coefficient (Wildman–Crippen LogP) is 3.57. The average molecular weight is 264 g/mol. The molecule has 94 valence electrons. The van der Waals surface area contributed by atoms with Crippen molar-refractivity contribution in [3.63, 3.8) is 0 Å². The van der Waals surface area contributed by atoms with Crippen molar-refractivity contribution in [3.8, 4) is 17.0 Å². The first-order valence-corrected chi connectivity index (χ1v) is 5.85. The Hall–Kier alpha value is -1.75. The van der Waals surface area contributed by atoms with Crippen molar-refractivity contribution in [1.29, 1.82) is 0 Å². The highest BCUT2D eigenvalue weighted by atomic mass is 32.1. The number of benzene rings is 1. The molecule has 1 aromatic carbocycles. The standard InChI is InChI=1S/C13H13FN2OS/c1-7-8(2)13(18)16-15-12(7)9-5-4-6-10(17-3)11(9)14/h4-6H,1-3H3,(H,16,18). The summed E-state index contributed by atoms with van der Waals surface area (Å²) < 4.78 is 19.7. The van der Waals surface area contributed by atoms with Gasteiger partial charge in [-0.15, -0.1) is 0 Å². The number of nitrogens with one attached hydrogen (secondary N) is 1. The number of ether oxygens (including phenoxy) is 1. The first-order valence-electron chi connectivity index (χ1n) is 5.45. The normalized spacial score (nSPS) is 10.4. The van der Waals surface area contributed by atoms with E-state index in [-0.39, 0.29) is 5.75 Å². The molecular formula is C13H13FN2OS. The van der Waals surface area contributed by atoms with Crippen LogP contribution in [-0.4, -0.2) is 17.3 Å². The van der Waals surface area contributed by atoms with Crippen LogP contribution >= 0.6 is 12.2 Å². The van der Waals surface area contributed by atoms with Crippen molar-refractivity contribution in [3.05, 3.63) is 39.8 Å². The number of methoxy groups -OCH3 is 1. The van der Waals surface area contributed by atoms with E-state index >= 15 is 0 Å². The van der Waals surface area contributed by atoms with Gasteiger partial charge in [-0.1, -0.05) is 18.3 Å². The summed E-state index contributed by atoms with van der Waals surface area (Å²) in [6, 6.07) is 4.98. The molecule has 1 aromatic heterocycles. The zero-order valence-electron chi connectivity index (χ0n) is 10.4. The second kappa shape index (κ2) is 4.86. The summed E-state index contributed by atoms with van der Waals surface area (Å²) in [4.78, 5) is 0. The van der Waals surface area contributed by atoms with Gasteiger partial charge in [0.2, 0.25) is 0 Å². The summed E-state index contributed by atoms with van der Waals surface area (Å²) in [5, 5.41) is 6.85. The van der Waals surface area contributed by atoms with Gasteiger partial charge in [0.1, 0.15) is 4.64 Å². The Balaban J connectivity index is 2.70. The molecule has 2 aromatic rings. The fraction of sp³-hybridized carbons (Fsp3) is 0.231. The Morgan fingerprint density at radius 3 is 2.67 bits per heavy atom. The van der Waals surface area contributed by atoms with E-state index in [1.54, 1.807) is 18.2 Å². The minimum atomic E-state index is -0.416. The Morgan fingerprint density at radius 2 is 2.00 bits per heavy atom. The van der Waals surface area contributed by atoms with Crippen LogP contribution in [0.5, 0.6) is 5.75 Å². The molecule has 0 bridgehead atoms. The molecule has 0 spiro atoms. The fourth-order valence-electron chi connectivity index (χ4n) is 1.74. The highest BCUT2D eigenvalue weighted by Gasteiger charge is 2.14. The lowest BCUT2D eigenvalue weighted by molar-refractivity contribution is 0.387. The van der Waals surface area contributed by atoms with Crippen molar-refractivity contribution in [2.75, 3.05) is 7.11 Å². The maximum atomic E-state index is 14.2. The van der Waals surface area contributed by atoms with Gasteiger partial charge < -0.3 is 4.74 Å². The molecule has 0 aliphatic carbocycles. The van der Waals surface area contributed by atoms with Gasteiger partial charge in [0.15, 0.2) is 11.6 Å². The minimum absolute atomic E-state index is 0.203. The maximum absolute atomic E-state index is 14.2. The molecule has 1 heterocycles. The number of nitrogens with zero attached hydrogens (tertiary/aromatic N) is 1. The van der Waals surface area contributed by atoms with Crippen LogP contribution in [0.25, 0.3) is 11.3 Å². The van der Waals surface area contributed by atoms with E-state index in [2.05, 4.69) is 10.2 Å². The molecule has 0 atom stereocenters. The van der Waals surface area contributed by atoms with Crippen LogP contribution in [0, 0.1) is 24.3 Å². The summed E-state index contributed by atoms with van der Waals surface area (Å²) >= 11 is 5.10. The van der Waals surface area contributed by atoms with E-state index in [1.807, 2.05) is 13.8 Å². The molecule has 1 N–H and O–H groups in total. The van der Waals surface area contributed by atoms with Gasteiger partial charge >= 0.3 is 0 Å². The summed E-state index contributed by atoms with van der Waals surface area (Å²) in [5.41, 5.74) is 2.72. The van der Waals surface area contributed by atoms with Crippen LogP contribution < -0.4 is 4.74 Å². The Kier molecular flexibility index (Phi) is 3.43. The van der Waals surface area contributed by atoms with E-state index in [0.717, 1.165) is 11.1 Å². The van der Waals surface area contributed by atoms with Crippen molar-refractivity contribution in [1.82, 2.24) is 10.2 Å². The maximum Gasteiger partial charge on any atom is 0.174 e. The average Bonchev–Trinajstić information content (AvgIpc) is 2.37. The number of hydrogen-bond acceptors (Lipinski definition) is 3. The van der Waals surface area contributed by atoms with Gasteiger partial charge in [0.05, 0.1) is 12.8 Å². The minimum Gasteiger partial charge on any atom is -0.494 e. The smallest absolute Gasteiger partial charge is 0.174 e. The fourth-order valence-corrected chi connectivity index (χ4v) is 1.93. The van der Waals surface area contributed by atoms with E-state index in [1.165, 1.54) is 7.11 Å². The van der Waals surface area contributed by atoms with Crippen LogP contribution in [0.3, 0.4) is 0 Å². The topological polar surface area (TPSA) is 37.9 Å². The van der Waals surface area contributed by atoms with Crippen molar-refractivity contribution in [2.24, 2.45) is 0 Å². The third-order valence-corrected chi connectivity index (χ3v) is 3.36. The molecule has 0 aliphatic rings. The molecule has 0 saturated carbocycles. The van der Waals surface area contributed by atoms with Crippen LogP contribution in [-0.2, 0) is 0 Å². The largest absolute Gasteiger partial charge is 0.494 e. The van der Waals surface area contributed by atoms with E-state index in [4.69, 9.17) is 17.0 Å². The van der Waals surface area contributed by atoms with E-state index in [0.29, 0.717) is 15.9 Å². The molecule has 5 heteroatoms. The second-order valence-electron chi connectivity index (χ2n) is 3.97. The monoisotopic (exact) mass is 264 g/mol. The molecule has 2 rings (SSSR count). The van der Waals surface area contributed by atoms with Crippen molar-refractivity contribution >= 4 is 12.2 Å². The number of halogens is 1. The van der Waals surface area contributed by atoms with Gasteiger partial charge in [-0.2, -0.15) is 5.10 Å². The Labute approximate surface area is 110 Å². The molecule has 3 nitrogen and oxygen atoms in total. The summed E-state index contributed by atoms with van der Waals surface area (Å²) in [6.07, 6.45) is 0.